The van der Waals surface area contributed by atoms with E-state index in [4.69, 9.17) is 5.73 Å². The van der Waals surface area contributed by atoms with Crippen LogP contribution in [0.1, 0.15) is 24.3 Å². The van der Waals surface area contributed by atoms with Crippen LogP contribution < -0.4 is 5.73 Å². The lowest BCUT2D eigenvalue weighted by molar-refractivity contribution is 0.0767. The van der Waals surface area contributed by atoms with Gasteiger partial charge in [-0.25, -0.2) is 0 Å². The number of rotatable bonds is 5. The molecule has 0 aromatic carbocycles. The van der Waals surface area contributed by atoms with Gasteiger partial charge in [0.1, 0.15) is 5.69 Å². The number of nitrogens with two attached hydrogens (primary N) is 1. The van der Waals surface area contributed by atoms with Gasteiger partial charge in [-0.05, 0) is 32.0 Å². The van der Waals surface area contributed by atoms with Gasteiger partial charge in [0.15, 0.2) is 0 Å². The Balaban J connectivity index is 2.22. The maximum Gasteiger partial charge on any atom is 0.272 e. The minimum absolute atomic E-state index is 0.0508. The SMILES string of the molecule is CCN(CC)C(=O)c1cc(Sc2ccncc2N)ccn1. The number of aromatic nitrogens is 2. The first-order valence-electron chi connectivity index (χ1n) is 6.78. The van der Waals surface area contributed by atoms with Crippen LogP contribution in [0.2, 0.25) is 0 Å². The van der Waals surface area contributed by atoms with Crippen molar-refractivity contribution in [3.05, 3.63) is 42.5 Å². The van der Waals surface area contributed by atoms with Crippen LogP contribution in [0.25, 0.3) is 0 Å². The first-order valence-corrected chi connectivity index (χ1v) is 7.60. The van der Waals surface area contributed by atoms with Crippen LogP contribution in [0.5, 0.6) is 0 Å². The standard InChI is InChI=1S/C15H18N4OS/c1-3-19(4-2)15(20)13-9-11(5-8-18-13)21-14-6-7-17-10-12(14)16/h5-10H,3-4,16H2,1-2H3. The van der Waals surface area contributed by atoms with E-state index in [-0.39, 0.29) is 5.91 Å². The Kier molecular flexibility index (Phi) is 5.16. The van der Waals surface area contributed by atoms with E-state index in [0.717, 1.165) is 9.79 Å². The average molecular weight is 302 g/mol. The number of nitrogens with zero attached hydrogens (tertiary/aromatic N) is 3. The summed E-state index contributed by atoms with van der Waals surface area (Å²) >= 11 is 1.50. The zero-order valence-corrected chi connectivity index (χ0v) is 12.9. The van der Waals surface area contributed by atoms with Gasteiger partial charge in [-0.15, -0.1) is 0 Å². The van der Waals surface area contributed by atoms with Crippen molar-refractivity contribution in [3.63, 3.8) is 0 Å². The first kappa shape index (κ1) is 15.3. The Labute approximate surface area is 128 Å². The molecule has 0 spiro atoms. The molecule has 0 radical (unpaired) electrons. The molecule has 2 rings (SSSR count). The highest BCUT2D eigenvalue weighted by atomic mass is 32.2. The normalized spacial score (nSPS) is 10.4. The fourth-order valence-electron chi connectivity index (χ4n) is 1.88. The van der Waals surface area contributed by atoms with E-state index in [1.807, 2.05) is 26.0 Å². The molecule has 0 saturated heterocycles. The quantitative estimate of drug-likeness (QED) is 0.919. The van der Waals surface area contributed by atoms with Gasteiger partial charge >= 0.3 is 0 Å². The third-order valence-corrected chi connectivity index (χ3v) is 4.12. The summed E-state index contributed by atoms with van der Waals surface area (Å²) < 4.78 is 0. The monoisotopic (exact) mass is 302 g/mol. The minimum Gasteiger partial charge on any atom is -0.397 e. The van der Waals surface area contributed by atoms with Gasteiger partial charge in [0, 0.05) is 35.3 Å². The van der Waals surface area contributed by atoms with Crippen molar-refractivity contribution in [2.24, 2.45) is 0 Å². The topological polar surface area (TPSA) is 72.1 Å². The lowest BCUT2D eigenvalue weighted by Crippen LogP contribution is -2.31. The Bertz CT molecular complexity index is 629. The Hall–Kier alpha value is -2.08. The summed E-state index contributed by atoms with van der Waals surface area (Å²) in [7, 11) is 0. The van der Waals surface area contributed by atoms with Gasteiger partial charge in [0.2, 0.25) is 0 Å². The maximum absolute atomic E-state index is 12.3. The molecule has 5 nitrogen and oxygen atoms in total. The van der Waals surface area contributed by atoms with Crippen molar-refractivity contribution < 1.29 is 4.79 Å². The predicted molar refractivity (Wildman–Crippen MR) is 84.3 cm³/mol. The molecule has 2 N–H and O–H groups in total. The summed E-state index contributed by atoms with van der Waals surface area (Å²) in [5.41, 5.74) is 6.96. The summed E-state index contributed by atoms with van der Waals surface area (Å²) in [6.45, 7) is 5.26. The van der Waals surface area contributed by atoms with Gasteiger partial charge in [-0.3, -0.25) is 14.8 Å². The molecule has 0 aliphatic heterocycles. The molecule has 21 heavy (non-hydrogen) atoms. The smallest absolute Gasteiger partial charge is 0.272 e. The van der Waals surface area contributed by atoms with Crippen LogP contribution in [0, 0.1) is 0 Å². The van der Waals surface area contributed by atoms with Crippen molar-refractivity contribution in [2.45, 2.75) is 23.6 Å². The van der Waals surface area contributed by atoms with E-state index >= 15 is 0 Å². The molecular formula is C15H18N4OS. The average Bonchev–Trinajstić information content (AvgIpc) is 2.51. The van der Waals surface area contributed by atoms with Gasteiger partial charge in [-0.2, -0.15) is 0 Å². The van der Waals surface area contributed by atoms with Crippen LogP contribution in [0.15, 0.2) is 46.6 Å². The van der Waals surface area contributed by atoms with Gasteiger partial charge in [0.05, 0.1) is 11.9 Å². The molecular weight excluding hydrogens is 284 g/mol. The number of hydrogen-bond donors (Lipinski definition) is 1. The highest BCUT2D eigenvalue weighted by molar-refractivity contribution is 7.99. The van der Waals surface area contributed by atoms with Crippen molar-refractivity contribution in [1.82, 2.24) is 14.9 Å². The molecule has 0 atom stereocenters. The molecule has 110 valence electrons. The van der Waals surface area contributed by atoms with E-state index in [9.17, 15) is 4.79 Å². The Morgan fingerprint density at radius 3 is 2.71 bits per heavy atom. The number of amides is 1. The summed E-state index contributed by atoms with van der Waals surface area (Å²) in [6.07, 6.45) is 4.96. The van der Waals surface area contributed by atoms with Crippen molar-refractivity contribution in [3.8, 4) is 0 Å². The molecule has 0 aliphatic carbocycles. The molecule has 0 unspecified atom stereocenters. The van der Waals surface area contributed by atoms with Crippen molar-refractivity contribution in [2.75, 3.05) is 18.8 Å². The second kappa shape index (κ2) is 7.08. The van der Waals surface area contributed by atoms with Crippen molar-refractivity contribution in [1.29, 1.82) is 0 Å². The number of nitrogen functional groups attached to an aromatic ring is 1. The minimum atomic E-state index is -0.0508. The molecule has 6 heteroatoms. The van der Waals surface area contributed by atoms with Crippen LogP contribution >= 0.6 is 11.8 Å². The third-order valence-electron chi connectivity index (χ3n) is 3.04. The fraction of sp³-hybridized carbons (Fsp3) is 0.267. The number of anilines is 1. The number of pyridine rings is 2. The molecule has 1 amide bonds. The maximum atomic E-state index is 12.3. The molecule has 0 aliphatic rings. The first-order chi connectivity index (χ1) is 10.2. The molecule has 0 fully saturated rings. The summed E-state index contributed by atoms with van der Waals surface area (Å²) in [5.74, 6) is -0.0508. The lowest BCUT2D eigenvalue weighted by Gasteiger charge is -2.18. The van der Waals surface area contributed by atoms with E-state index in [1.54, 1.807) is 29.6 Å². The van der Waals surface area contributed by atoms with Crippen molar-refractivity contribution >= 4 is 23.4 Å². The molecule has 2 aromatic rings. The van der Waals surface area contributed by atoms with E-state index < -0.39 is 0 Å². The van der Waals surface area contributed by atoms with Crippen LogP contribution in [-0.2, 0) is 0 Å². The highest BCUT2D eigenvalue weighted by Crippen LogP contribution is 2.31. The number of hydrogen-bond acceptors (Lipinski definition) is 5. The second-order valence-electron chi connectivity index (χ2n) is 4.37. The largest absolute Gasteiger partial charge is 0.397 e. The Morgan fingerprint density at radius 1 is 1.29 bits per heavy atom. The summed E-state index contributed by atoms with van der Waals surface area (Å²) in [4.78, 5) is 24.0. The molecule has 2 aromatic heterocycles. The van der Waals surface area contributed by atoms with Crippen LogP contribution in [0.4, 0.5) is 5.69 Å². The van der Waals surface area contributed by atoms with Crippen LogP contribution in [0.3, 0.4) is 0 Å². The molecule has 0 saturated carbocycles. The number of carbonyl (C=O) groups excluding carboxylic acids is 1. The van der Waals surface area contributed by atoms with Gasteiger partial charge in [0.25, 0.3) is 5.91 Å². The van der Waals surface area contributed by atoms with Gasteiger partial charge < -0.3 is 10.6 Å². The molecule has 0 bridgehead atoms. The molecule has 2 heterocycles. The Morgan fingerprint density at radius 2 is 2.05 bits per heavy atom. The summed E-state index contributed by atoms with van der Waals surface area (Å²) in [6, 6.07) is 5.51. The number of carbonyl (C=O) groups is 1. The van der Waals surface area contributed by atoms with E-state index in [2.05, 4.69) is 9.97 Å². The third kappa shape index (κ3) is 3.72. The highest BCUT2D eigenvalue weighted by Gasteiger charge is 2.14. The zero-order chi connectivity index (χ0) is 15.2. The fourth-order valence-corrected chi connectivity index (χ4v) is 2.73. The predicted octanol–water partition coefficient (Wildman–Crippen LogP) is 2.69. The van der Waals surface area contributed by atoms with E-state index in [0.29, 0.717) is 24.5 Å². The summed E-state index contributed by atoms with van der Waals surface area (Å²) in [5, 5.41) is 0. The van der Waals surface area contributed by atoms with E-state index in [1.165, 1.54) is 11.8 Å². The zero-order valence-electron chi connectivity index (χ0n) is 12.1. The lowest BCUT2D eigenvalue weighted by atomic mass is 10.3. The van der Waals surface area contributed by atoms with Gasteiger partial charge in [-0.1, -0.05) is 11.8 Å². The second-order valence-corrected chi connectivity index (χ2v) is 5.49. The van der Waals surface area contributed by atoms with Crippen LogP contribution in [-0.4, -0.2) is 33.9 Å².